The van der Waals surface area contributed by atoms with Crippen molar-refractivity contribution in [3.05, 3.63) is 35.9 Å². The van der Waals surface area contributed by atoms with Gasteiger partial charge in [0.15, 0.2) is 0 Å². The molecule has 0 saturated heterocycles. The second kappa shape index (κ2) is 7.29. The molecule has 4 heteroatoms. The fourth-order valence-electron chi connectivity index (χ4n) is 2.74. The molecule has 2 N–H and O–H groups in total. The zero-order chi connectivity index (χ0) is 14.4. The predicted molar refractivity (Wildman–Crippen MR) is 81.7 cm³/mol. The van der Waals surface area contributed by atoms with E-state index in [4.69, 9.17) is 0 Å². The Bertz CT molecular complexity index is 413. The molecular formula is C16H25N3O. The first-order valence-corrected chi connectivity index (χ1v) is 7.42. The fourth-order valence-corrected chi connectivity index (χ4v) is 2.74. The molecule has 1 saturated carbocycles. The maximum absolute atomic E-state index is 12.1. The largest absolute Gasteiger partial charge is 0.335 e. The summed E-state index contributed by atoms with van der Waals surface area (Å²) in [5.41, 5.74) is 1.14. The highest BCUT2D eigenvalue weighted by Crippen LogP contribution is 2.18. The molecule has 2 amide bonds. The van der Waals surface area contributed by atoms with Crippen LogP contribution in [0.4, 0.5) is 4.79 Å². The number of hydrogen-bond acceptors (Lipinski definition) is 2. The van der Waals surface area contributed by atoms with E-state index in [0.29, 0.717) is 6.04 Å². The number of likely N-dealkylation sites (N-methyl/N-ethyl adjacent to an activating group) is 1. The topological polar surface area (TPSA) is 44.4 Å². The summed E-state index contributed by atoms with van der Waals surface area (Å²) >= 11 is 0. The zero-order valence-corrected chi connectivity index (χ0v) is 12.4. The number of benzene rings is 1. The maximum Gasteiger partial charge on any atom is 0.315 e. The Kier molecular flexibility index (Phi) is 5.41. The van der Waals surface area contributed by atoms with E-state index < -0.39 is 0 Å². The lowest BCUT2D eigenvalue weighted by atomic mass is 10.1. The third-order valence-corrected chi connectivity index (χ3v) is 3.75. The number of rotatable bonds is 5. The summed E-state index contributed by atoms with van der Waals surface area (Å²) in [4.78, 5) is 14.2. The first kappa shape index (κ1) is 14.9. The average Bonchev–Trinajstić information content (AvgIpc) is 2.91. The molecule has 4 nitrogen and oxygen atoms in total. The number of nitrogens with one attached hydrogen (secondary N) is 2. The van der Waals surface area contributed by atoms with Gasteiger partial charge in [-0.05, 0) is 32.5 Å². The minimum absolute atomic E-state index is 0.0209. The molecule has 20 heavy (non-hydrogen) atoms. The van der Waals surface area contributed by atoms with Gasteiger partial charge in [0, 0.05) is 12.6 Å². The number of urea groups is 1. The van der Waals surface area contributed by atoms with Gasteiger partial charge in [-0.1, -0.05) is 43.2 Å². The molecule has 1 aromatic carbocycles. The summed E-state index contributed by atoms with van der Waals surface area (Å²) in [6, 6.07) is 10.5. The van der Waals surface area contributed by atoms with Gasteiger partial charge in [-0.15, -0.1) is 0 Å². The fraction of sp³-hybridized carbons (Fsp3) is 0.562. The molecule has 110 valence electrons. The summed E-state index contributed by atoms with van der Waals surface area (Å²) in [7, 11) is 4.04. The van der Waals surface area contributed by atoms with Crippen molar-refractivity contribution in [2.45, 2.75) is 37.8 Å². The average molecular weight is 275 g/mol. The van der Waals surface area contributed by atoms with Crippen molar-refractivity contribution >= 4 is 6.03 Å². The molecular weight excluding hydrogens is 250 g/mol. The highest BCUT2D eigenvalue weighted by atomic mass is 16.2. The third-order valence-electron chi connectivity index (χ3n) is 3.75. The van der Waals surface area contributed by atoms with E-state index in [1.54, 1.807) is 0 Å². The molecule has 0 aromatic heterocycles. The molecule has 1 fully saturated rings. The Morgan fingerprint density at radius 3 is 2.50 bits per heavy atom. The van der Waals surface area contributed by atoms with Crippen LogP contribution in [0.2, 0.25) is 0 Å². The third kappa shape index (κ3) is 4.53. The summed E-state index contributed by atoms with van der Waals surface area (Å²) in [6.45, 7) is 0.794. The van der Waals surface area contributed by atoms with E-state index in [1.807, 2.05) is 32.3 Å². The Labute approximate surface area is 121 Å². The van der Waals surface area contributed by atoms with Crippen LogP contribution >= 0.6 is 0 Å². The molecule has 1 aliphatic carbocycles. The number of carbonyl (C=O) groups excluding carboxylic acids is 1. The van der Waals surface area contributed by atoms with Crippen LogP contribution in [0.3, 0.4) is 0 Å². The first-order valence-electron chi connectivity index (χ1n) is 7.42. The normalized spacial score (nSPS) is 17.1. The lowest BCUT2D eigenvalue weighted by molar-refractivity contribution is 0.229. The zero-order valence-electron chi connectivity index (χ0n) is 12.4. The summed E-state index contributed by atoms with van der Waals surface area (Å²) in [5, 5.41) is 6.18. The van der Waals surface area contributed by atoms with Crippen LogP contribution in [0.5, 0.6) is 0 Å². The summed E-state index contributed by atoms with van der Waals surface area (Å²) < 4.78 is 0. The predicted octanol–water partition coefficient (Wildman–Crippen LogP) is 2.53. The van der Waals surface area contributed by atoms with E-state index in [-0.39, 0.29) is 12.1 Å². The molecule has 1 aromatic rings. The van der Waals surface area contributed by atoms with E-state index in [2.05, 4.69) is 27.7 Å². The molecule has 0 bridgehead atoms. The van der Waals surface area contributed by atoms with Gasteiger partial charge in [0.05, 0.1) is 6.04 Å². The van der Waals surface area contributed by atoms with Crippen LogP contribution in [0.1, 0.15) is 37.3 Å². The van der Waals surface area contributed by atoms with Crippen molar-refractivity contribution in [2.24, 2.45) is 0 Å². The van der Waals surface area contributed by atoms with Gasteiger partial charge in [-0.2, -0.15) is 0 Å². The Morgan fingerprint density at radius 1 is 1.25 bits per heavy atom. The van der Waals surface area contributed by atoms with Crippen LogP contribution < -0.4 is 10.6 Å². The second-order valence-electron chi connectivity index (χ2n) is 5.82. The Hall–Kier alpha value is -1.55. The van der Waals surface area contributed by atoms with E-state index in [0.717, 1.165) is 24.9 Å². The van der Waals surface area contributed by atoms with Gasteiger partial charge in [0.2, 0.25) is 0 Å². The minimum atomic E-state index is -0.0485. The number of carbonyl (C=O) groups is 1. The van der Waals surface area contributed by atoms with Crippen molar-refractivity contribution in [1.29, 1.82) is 0 Å². The number of nitrogens with zero attached hydrogens (tertiary/aromatic N) is 1. The summed E-state index contributed by atoms with van der Waals surface area (Å²) in [6.07, 6.45) is 4.67. The molecule has 0 spiro atoms. The van der Waals surface area contributed by atoms with Gasteiger partial charge < -0.3 is 15.5 Å². The van der Waals surface area contributed by atoms with Crippen molar-refractivity contribution in [2.75, 3.05) is 20.6 Å². The van der Waals surface area contributed by atoms with Crippen LogP contribution in [0.15, 0.2) is 30.3 Å². The lowest BCUT2D eigenvalue weighted by Gasteiger charge is -2.24. The first-order chi connectivity index (χ1) is 9.65. The number of hydrogen-bond donors (Lipinski definition) is 2. The standard InChI is InChI=1S/C16H25N3O/c1-19(2)12-15(13-8-4-3-5-9-13)18-16(20)17-14-10-6-7-11-14/h3-5,8-9,14-15H,6-7,10-12H2,1-2H3,(H2,17,18,20). The van der Waals surface area contributed by atoms with E-state index in [1.165, 1.54) is 12.8 Å². The van der Waals surface area contributed by atoms with Crippen molar-refractivity contribution < 1.29 is 4.79 Å². The molecule has 0 heterocycles. The molecule has 1 unspecified atom stereocenters. The molecule has 1 atom stereocenters. The number of amides is 2. The van der Waals surface area contributed by atoms with Crippen molar-refractivity contribution in [3.8, 4) is 0 Å². The van der Waals surface area contributed by atoms with Gasteiger partial charge in [0.1, 0.15) is 0 Å². The van der Waals surface area contributed by atoms with Crippen molar-refractivity contribution in [1.82, 2.24) is 15.5 Å². The van der Waals surface area contributed by atoms with Gasteiger partial charge >= 0.3 is 6.03 Å². The lowest BCUT2D eigenvalue weighted by Crippen LogP contribution is -2.44. The minimum Gasteiger partial charge on any atom is -0.335 e. The molecule has 0 radical (unpaired) electrons. The highest BCUT2D eigenvalue weighted by molar-refractivity contribution is 5.74. The SMILES string of the molecule is CN(C)CC(NC(=O)NC1CCCC1)c1ccccc1. The van der Waals surface area contributed by atoms with Gasteiger partial charge in [-0.25, -0.2) is 4.79 Å². The second-order valence-corrected chi connectivity index (χ2v) is 5.82. The monoisotopic (exact) mass is 275 g/mol. The van der Waals surface area contributed by atoms with Crippen LogP contribution in [-0.4, -0.2) is 37.6 Å². The Balaban J connectivity index is 1.94. The van der Waals surface area contributed by atoms with Crippen molar-refractivity contribution in [3.63, 3.8) is 0 Å². The van der Waals surface area contributed by atoms with Crippen LogP contribution in [0.25, 0.3) is 0 Å². The smallest absolute Gasteiger partial charge is 0.315 e. The van der Waals surface area contributed by atoms with E-state index >= 15 is 0 Å². The van der Waals surface area contributed by atoms with E-state index in [9.17, 15) is 4.79 Å². The van der Waals surface area contributed by atoms with Gasteiger partial charge in [0.25, 0.3) is 0 Å². The Morgan fingerprint density at radius 2 is 1.90 bits per heavy atom. The molecule has 2 rings (SSSR count). The van der Waals surface area contributed by atoms with Crippen LogP contribution in [0, 0.1) is 0 Å². The van der Waals surface area contributed by atoms with Crippen LogP contribution in [-0.2, 0) is 0 Å². The molecule has 0 aliphatic heterocycles. The molecule has 1 aliphatic rings. The van der Waals surface area contributed by atoms with Gasteiger partial charge in [-0.3, -0.25) is 0 Å². The highest BCUT2D eigenvalue weighted by Gasteiger charge is 2.20. The quantitative estimate of drug-likeness (QED) is 0.867. The maximum atomic E-state index is 12.1. The summed E-state index contributed by atoms with van der Waals surface area (Å²) in [5.74, 6) is 0.